The number of carbonyl (C=O) groups is 1. The van der Waals surface area contributed by atoms with E-state index in [1.54, 1.807) is 24.4 Å². The van der Waals surface area contributed by atoms with E-state index in [1.807, 2.05) is 30.0 Å². The summed E-state index contributed by atoms with van der Waals surface area (Å²) in [6, 6.07) is 12.2. The number of benzene rings is 1. The number of rotatable bonds is 7. The molecule has 3 rings (SSSR count). The van der Waals surface area contributed by atoms with E-state index in [4.69, 9.17) is 0 Å². The van der Waals surface area contributed by atoms with Gasteiger partial charge in [0.05, 0.1) is 17.8 Å². The summed E-state index contributed by atoms with van der Waals surface area (Å²) in [6.45, 7) is 0.433. The molecular weight excluding hydrogens is 340 g/mol. The Morgan fingerprint density at radius 2 is 2.08 bits per heavy atom. The maximum Gasteiger partial charge on any atom is 0.387 e. The first-order chi connectivity index (χ1) is 12.5. The van der Waals surface area contributed by atoms with Crippen LogP contribution in [0.3, 0.4) is 0 Å². The lowest BCUT2D eigenvalue weighted by molar-refractivity contribution is -0.142. The lowest BCUT2D eigenvalue weighted by Gasteiger charge is -2.49. The second kappa shape index (κ2) is 7.78. The fourth-order valence-corrected chi connectivity index (χ4v) is 3.03. The van der Waals surface area contributed by atoms with Crippen LogP contribution in [0.1, 0.15) is 24.6 Å². The van der Waals surface area contributed by atoms with Crippen molar-refractivity contribution in [1.29, 1.82) is 0 Å². The zero-order valence-corrected chi connectivity index (χ0v) is 14.5. The summed E-state index contributed by atoms with van der Waals surface area (Å²) in [7, 11) is 0. The fraction of sp³-hybridized carbons (Fsp3) is 0.368. The van der Waals surface area contributed by atoms with Crippen LogP contribution in [0.15, 0.2) is 48.7 Å². The van der Waals surface area contributed by atoms with Gasteiger partial charge in [-0.15, -0.1) is 0 Å². The number of likely N-dealkylation sites (tertiary alicyclic amines) is 1. The third kappa shape index (κ3) is 3.99. The van der Waals surface area contributed by atoms with Crippen LogP contribution in [-0.4, -0.2) is 34.5 Å². The van der Waals surface area contributed by atoms with Crippen molar-refractivity contribution in [1.82, 2.24) is 15.2 Å². The SMILES string of the molecule is CC1(C(=O)NCc2ccccn2)CCN1Cc1ccccc1OC(F)F. The lowest BCUT2D eigenvalue weighted by atomic mass is 9.85. The quantitative estimate of drug-likeness (QED) is 0.824. The van der Waals surface area contributed by atoms with E-state index in [-0.39, 0.29) is 11.7 Å². The van der Waals surface area contributed by atoms with Gasteiger partial charge in [-0.25, -0.2) is 0 Å². The molecular formula is C19H21F2N3O2. The molecule has 7 heteroatoms. The number of carbonyl (C=O) groups excluding carboxylic acids is 1. The van der Waals surface area contributed by atoms with E-state index in [9.17, 15) is 13.6 Å². The van der Waals surface area contributed by atoms with Gasteiger partial charge in [0.15, 0.2) is 0 Å². The van der Waals surface area contributed by atoms with Crippen molar-refractivity contribution in [2.45, 2.75) is 38.6 Å². The maximum atomic E-state index is 12.7. The molecule has 1 aromatic heterocycles. The Morgan fingerprint density at radius 1 is 1.31 bits per heavy atom. The van der Waals surface area contributed by atoms with Gasteiger partial charge < -0.3 is 10.1 Å². The van der Waals surface area contributed by atoms with Crippen molar-refractivity contribution < 1.29 is 18.3 Å². The molecule has 1 aliphatic rings. The highest BCUT2D eigenvalue weighted by Gasteiger charge is 2.46. The summed E-state index contributed by atoms with van der Waals surface area (Å²) in [5.74, 6) is 0.0484. The van der Waals surface area contributed by atoms with Gasteiger partial charge in [-0.1, -0.05) is 24.3 Å². The minimum atomic E-state index is -2.87. The summed E-state index contributed by atoms with van der Waals surface area (Å²) < 4.78 is 29.7. The van der Waals surface area contributed by atoms with E-state index >= 15 is 0 Å². The third-order valence-corrected chi connectivity index (χ3v) is 4.76. The van der Waals surface area contributed by atoms with Crippen LogP contribution >= 0.6 is 0 Å². The van der Waals surface area contributed by atoms with E-state index in [0.29, 0.717) is 25.1 Å². The number of hydrogen-bond acceptors (Lipinski definition) is 4. The number of ether oxygens (including phenoxy) is 1. The molecule has 2 heterocycles. The first kappa shape index (κ1) is 18.3. The molecule has 1 aliphatic heterocycles. The van der Waals surface area contributed by atoms with Gasteiger partial charge in [0.1, 0.15) is 5.75 Å². The van der Waals surface area contributed by atoms with Crippen molar-refractivity contribution >= 4 is 5.91 Å². The van der Waals surface area contributed by atoms with Gasteiger partial charge in [-0.05, 0) is 31.5 Å². The van der Waals surface area contributed by atoms with Gasteiger partial charge in [0.2, 0.25) is 5.91 Å². The highest BCUT2D eigenvalue weighted by molar-refractivity contribution is 5.86. The maximum absolute atomic E-state index is 12.7. The Bertz CT molecular complexity index is 757. The highest BCUT2D eigenvalue weighted by atomic mass is 19.3. The summed E-state index contributed by atoms with van der Waals surface area (Å²) in [5, 5.41) is 2.91. The van der Waals surface area contributed by atoms with Gasteiger partial charge in [0.25, 0.3) is 0 Å². The molecule has 1 atom stereocenters. The minimum Gasteiger partial charge on any atom is -0.434 e. The van der Waals surface area contributed by atoms with Gasteiger partial charge >= 0.3 is 6.61 Å². The molecule has 1 fully saturated rings. The summed E-state index contributed by atoms with van der Waals surface area (Å²) in [4.78, 5) is 18.8. The van der Waals surface area contributed by atoms with E-state index in [1.165, 1.54) is 6.07 Å². The average Bonchev–Trinajstić information content (AvgIpc) is 2.64. The van der Waals surface area contributed by atoms with Crippen LogP contribution in [0.5, 0.6) is 5.75 Å². The molecule has 1 aromatic carbocycles. The number of para-hydroxylation sites is 1. The Kier molecular flexibility index (Phi) is 5.46. The lowest BCUT2D eigenvalue weighted by Crippen LogP contribution is -2.65. The van der Waals surface area contributed by atoms with Crippen molar-refractivity contribution in [2.24, 2.45) is 0 Å². The Hall–Kier alpha value is -2.54. The Balaban J connectivity index is 1.64. The molecule has 0 aliphatic carbocycles. The van der Waals surface area contributed by atoms with Crippen molar-refractivity contribution in [2.75, 3.05) is 6.54 Å². The van der Waals surface area contributed by atoms with Gasteiger partial charge in [-0.2, -0.15) is 8.78 Å². The zero-order valence-electron chi connectivity index (χ0n) is 14.5. The first-order valence-corrected chi connectivity index (χ1v) is 8.45. The Labute approximate surface area is 151 Å². The van der Waals surface area contributed by atoms with Crippen molar-refractivity contribution in [3.63, 3.8) is 0 Å². The average molecular weight is 361 g/mol. The standard InChI is InChI=1S/C19H21F2N3O2/c1-19(17(25)23-12-15-7-4-5-10-22-15)9-11-24(19)13-14-6-2-3-8-16(14)26-18(20)21/h2-8,10,18H,9,11-13H2,1H3,(H,23,25). The predicted octanol–water partition coefficient (Wildman–Crippen LogP) is 2.96. The smallest absolute Gasteiger partial charge is 0.387 e. The number of halogens is 2. The van der Waals surface area contributed by atoms with Gasteiger partial charge in [0, 0.05) is 24.8 Å². The molecule has 0 saturated carbocycles. The fourth-order valence-electron chi connectivity index (χ4n) is 3.03. The molecule has 2 aromatic rings. The number of aromatic nitrogens is 1. The highest BCUT2D eigenvalue weighted by Crippen LogP contribution is 2.34. The molecule has 0 radical (unpaired) electrons. The number of hydrogen-bond donors (Lipinski definition) is 1. The van der Waals surface area contributed by atoms with Crippen LogP contribution in [-0.2, 0) is 17.9 Å². The second-order valence-corrected chi connectivity index (χ2v) is 6.44. The number of nitrogens with one attached hydrogen (secondary N) is 1. The molecule has 0 bridgehead atoms. The van der Waals surface area contributed by atoms with Crippen molar-refractivity contribution in [3.8, 4) is 5.75 Å². The molecule has 138 valence electrons. The molecule has 5 nitrogen and oxygen atoms in total. The molecule has 1 N–H and O–H groups in total. The monoisotopic (exact) mass is 361 g/mol. The van der Waals surface area contributed by atoms with E-state index in [2.05, 4.69) is 15.0 Å². The largest absolute Gasteiger partial charge is 0.434 e. The summed E-state index contributed by atoms with van der Waals surface area (Å²) in [6.07, 6.45) is 2.39. The second-order valence-electron chi connectivity index (χ2n) is 6.44. The van der Waals surface area contributed by atoms with E-state index < -0.39 is 12.2 Å². The zero-order chi connectivity index (χ0) is 18.6. The number of pyridine rings is 1. The summed E-state index contributed by atoms with van der Waals surface area (Å²) in [5.41, 5.74) is 0.745. The predicted molar refractivity (Wildman–Crippen MR) is 92.6 cm³/mol. The molecule has 26 heavy (non-hydrogen) atoms. The summed E-state index contributed by atoms with van der Waals surface area (Å²) >= 11 is 0. The van der Waals surface area contributed by atoms with Crippen LogP contribution in [0.25, 0.3) is 0 Å². The molecule has 1 unspecified atom stereocenters. The Morgan fingerprint density at radius 3 is 2.73 bits per heavy atom. The van der Waals surface area contributed by atoms with Crippen LogP contribution in [0.4, 0.5) is 8.78 Å². The molecule has 1 amide bonds. The van der Waals surface area contributed by atoms with Gasteiger partial charge in [-0.3, -0.25) is 14.7 Å². The number of alkyl halides is 2. The minimum absolute atomic E-state index is 0.0957. The molecule has 0 spiro atoms. The van der Waals surface area contributed by atoms with E-state index in [0.717, 1.165) is 12.2 Å². The van der Waals surface area contributed by atoms with Crippen LogP contribution < -0.4 is 10.1 Å². The topological polar surface area (TPSA) is 54.5 Å². The normalized spacial score (nSPS) is 19.8. The first-order valence-electron chi connectivity index (χ1n) is 8.45. The third-order valence-electron chi connectivity index (χ3n) is 4.76. The number of amides is 1. The molecule has 1 saturated heterocycles. The van der Waals surface area contributed by atoms with Crippen LogP contribution in [0.2, 0.25) is 0 Å². The number of nitrogens with zero attached hydrogens (tertiary/aromatic N) is 2. The van der Waals surface area contributed by atoms with Crippen molar-refractivity contribution in [3.05, 3.63) is 59.9 Å². The van der Waals surface area contributed by atoms with Crippen LogP contribution in [0, 0.1) is 0 Å².